The first-order chi connectivity index (χ1) is 16.0. The van der Waals surface area contributed by atoms with Crippen molar-refractivity contribution in [3.05, 3.63) is 95.1 Å². The Morgan fingerprint density at radius 2 is 1.82 bits per heavy atom. The minimum atomic E-state index is -0.427. The van der Waals surface area contributed by atoms with E-state index in [4.69, 9.17) is 5.73 Å². The number of aryl methyl sites for hydroxylation is 1. The molecule has 2 amide bonds. The maximum Gasteiger partial charge on any atom is 0.255 e. The molecular weight excluding hydrogens is 419 g/mol. The van der Waals surface area contributed by atoms with E-state index in [1.165, 1.54) is 12.1 Å². The van der Waals surface area contributed by atoms with Crippen LogP contribution in [0.4, 0.5) is 10.1 Å². The van der Waals surface area contributed by atoms with Gasteiger partial charge in [-0.25, -0.2) is 4.39 Å². The van der Waals surface area contributed by atoms with Gasteiger partial charge in [-0.1, -0.05) is 24.6 Å². The number of pyridine rings is 1. The number of aromatic nitrogens is 1. The topological polar surface area (TPSA) is 97.1 Å². The number of fused-ring (bicyclic) bond motifs is 1. The Balaban J connectivity index is 1.36. The molecule has 0 radical (unpaired) electrons. The van der Waals surface area contributed by atoms with Crippen LogP contribution in [0.25, 0.3) is 0 Å². The van der Waals surface area contributed by atoms with Crippen molar-refractivity contribution in [1.82, 2.24) is 10.3 Å². The Morgan fingerprint density at radius 1 is 1.06 bits per heavy atom. The molecule has 0 saturated carbocycles. The molecule has 0 aliphatic heterocycles. The van der Waals surface area contributed by atoms with E-state index >= 15 is 0 Å². The Bertz CT molecular complexity index is 1120. The second kappa shape index (κ2) is 10.4. The van der Waals surface area contributed by atoms with Crippen molar-refractivity contribution in [2.75, 3.05) is 11.9 Å². The molecule has 6 nitrogen and oxygen atoms in total. The number of halogens is 1. The van der Waals surface area contributed by atoms with Crippen LogP contribution in [-0.2, 0) is 11.2 Å². The zero-order valence-electron chi connectivity index (χ0n) is 18.3. The highest BCUT2D eigenvalue weighted by Crippen LogP contribution is 2.31. The minimum absolute atomic E-state index is 0.132. The third-order valence-electron chi connectivity index (χ3n) is 6.02. The van der Waals surface area contributed by atoms with E-state index in [0.29, 0.717) is 17.7 Å². The van der Waals surface area contributed by atoms with Crippen LogP contribution in [0.2, 0.25) is 0 Å². The number of nitrogens with two attached hydrogens (primary N) is 1. The highest BCUT2D eigenvalue weighted by Gasteiger charge is 2.26. The van der Waals surface area contributed by atoms with E-state index in [-0.39, 0.29) is 30.1 Å². The Morgan fingerprint density at radius 3 is 2.58 bits per heavy atom. The molecule has 33 heavy (non-hydrogen) atoms. The Hall–Kier alpha value is -3.58. The standard InChI is InChI=1S/C26H27FN4O2/c27-20-10-9-17-3-1-2-4-22(23(17)15-20)26(33)30-16-24(28)18-5-7-19(8-6-18)25(32)31-21-11-13-29-14-12-21/h5-15,22,24H,1-4,16,28H2,(H,30,33)(H,29,31,32). The molecule has 0 saturated heterocycles. The number of benzene rings is 2. The summed E-state index contributed by atoms with van der Waals surface area (Å²) in [6.07, 6.45) is 6.68. The number of hydrogen-bond donors (Lipinski definition) is 3. The van der Waals surface area contributed by atoms with Gasteiger partial charge in [0.05, 0.1) is 5.92 Å². The van der Waals surface area contributed by atoms with Crippen molar-refractivity contribution in [1.29, 1.82) is 0 Å². The molecule has 4 rings (SSSR count). The Labute approximate surface area is 192 Å². The third-order valence-corrected chi connectivity index (χ3v) is 6.02. The summed E-state index contributed by atoms with van der Waals surface area (Å²) in [4.78, 5) is 29.2. The first-order valence-corrected chi connectivity index (χ1v) is 11.1. The van der Waals surface area contributed by atoms with Crippen molar-refractivity contribution in [3.8, 4) is 0 Å². The Kier molecular flexibility index (Phi) is 7.10. The molecule has 1 aromatic heterocycles. The predicted molar refractivity (Wildman–Crippen MR) is 125 cm³/mol. The van der Waals surface area contributed by atoms with Gasteiger partial charge in [0.15, 0.2) is 0 Å². The lowest BCUT2D eigenvalue weighted by Crippen LogP contribution is -2.35. The first kappa shape index (κ1) is 22.6. The maximum atomic E-state index is 13.8. The van der Waals surface area contributed by atoms with Gasteiger partial charge in [0, 0.05) is 36.2 Å². The van der Waals surface area contributed by atoms with Crippen LogP contribution in [0, 0.1) is 5.82 Å². The number of nitrogens with zero attached hydrogens (tertiary/aromatic N) is 1. The highest BCUT2D eigenvalue weighted by molar-refractivity contribution is 6.04. The number of anilines is 1. The van der Waals surface area contributed by atoms with Crippen LogP contribution in [0.15, 0.2) is 67.0 Å². The van der Waals surface area contributed by atoms with Gasteiger partial charge in [-0.05, 0) is 72.4 Å². The molecule has 0 fully saturated rings. The summed E-state index contributed by atoms with van der Waals surface area (Å²) >= 11 is 0. The number of hydrogen-bond acceptors (Lipinski definition) is 4. The lowest BCUT2D eigenvalue weighted by molar-refractivity contribution is -0.122. The SMILES string of the molecule is NC(CNC(=O)C1CCCCc2ccc(F)cc21)c1ccc(C(=O)Nc2ccncc2)cc1. The van der Waals surface area contributed by atoms with Crippen molar-refractivity contribution in [2.24, 2.45) is 5.73 Å². The van der Waals surface area contributed by atoms with Crippen LogP contribution < -0.4 is 16.4 Å². The molecule has 1 aliphatic carbocycles. The average molecular weight is 447 g/mol. The largest absolute Gasteiger partial charge is 0.354 e. The summed E-state index contributed by atoms with van der Waals surface area (Å²) in [7, 11) is 0. The predicted octanol–water partition coefficient (Wildman–Crippen LogP) is 4.10. The number of carbonyl (C=O) groups excluding carboxylic acids is 2. The first-order valence-electron chi connectivity index (χ1n) is 11.1. The number of nitrogens with one attached hydrogen (secondary N) is 2. The van der Waals surface area contributed by atoms with E-state index < -0.39 is 6.04 Å². The molecule has 0 spiro atoms. The van der Waals surface area contributed by atoms with Crippen LogP contribution in [0.5, 0.6) is 0 Å². The molecule has 0 bridgehead atoms. The summed E-state index contributed by atoms with van der Waals surface area (Å²) in [6.45, 7) is 0.253. The van der Waals surface area contributed by atoms with E-state index in [0.717, 1.165) is 36.0 Å². The van der Waals surface area contributed by atoms with Crippen molar-refractivity contribution >= 4 is 17.5 Å². The normalized spacial score (nSPS) is 16.2. The molecule has 1 heterocycles. The number of amides is 2. The molecule has 2 unspecified atom stereocenters. The second-order valence-electron chi connectivity index (χ2n) is 8.31. The van der Waals surface area contributed by atoms with Crippen LogP contribution in [-0.4, -0.2) is 23.3 Å². The lowest BCUT2D eigenvalue weighted by atomic mass is 9.91. The van der Waals surface area contributed by atoms with Gasteiger partial charge in [0.1, 0.15) is 5.82 Å². The zero-order valence-corrected chi connectivity index (χ0v) is 18.3. The summed E-state index contributed by atoms with van der Waals surface area (Å²) in [6, 6.07) is 14.7. The summed E-state index contributed by atoms with van der Waals surface area (Å²) in [5, 5.41) is 5.74. The molecule has 2 atom stereocenters. The molecule has 1 aliphatic rings. The van der Waals surface area contributed by atoms with Gasteiger partial charge in [-0.2, -0.15) is 0 Å². The van der Waals surface area contributed by atoms with Gasteiger partial charge < -0.3 is 16.4 Å². The molecule has 3 aromatic rings. The van der Waals surface area contributed by atoms with E-state index in [1.807, 2.05) is 0 Å². The monoisotopic (exact) mass is 446 g/mol. The molecule has 2 aromatic carbocycles. The van der Waals surface area contributed by atoms with E-state index in [2.05, 4.69) is 15.6 Å². The van der Waals surface area contributed by atoms with E-state index in [1.54, 1.807) is 54.9 Å². The average Bonchev–Trinajstić information content (AvgIpc) is 3.05. The summed E-state index contributed by atoms with van der Waals surface area (Å²) < 4.78 is 13.8. The molecular formula is C26H27FN4O2. The van der Waals surface area contributed by atoms with Crippen LogP contribution >= 0.6 is 0 Å². The second-order valence-corrected chi connectivity index (χ2v) is 8.31. The minimum Gasteiger partial charge on any atom is -0.354 e. The van der Waals surface area contributed by atoms with Gasteiger partial charge in [0.2, 0.25) is 5.91 Å². The number of rotatable bonds is 6. The fourth-order valence-electron chi connectivity index (χ4n) is 4.18. The molecule has 170 valence electrons. The highest BCUT2D eigenvalue weighted by atomic mass is 19.1. The number of carbonyl (C=O) groups is 2. The molecule has 4 N–H and O–H groups in total. The zero-order chi connectivity index (χ0) is 23.2. The van der Waals surface area contributed by atoms with Crippen molar-refractivity contribution < 1.29 is 14.0 Å². The van der Waals surface area contributed by atoms with E-state index in [9.17, 15) is 14.0 Å². The van der Waals surface area contributed by atoms with Crippen molar-refractivity contribution in [2.45, 2.75) is 37.6 Å². The quantitative estimate of drug-likeness (QED) is 0.497. The van der Waals surface area contributed by atoms with Gasteiger partial charge in [-0.3, -0.25) is 14.6 Å². The maximum absolute atomic E-state index is 13.8. The summed E-state index contributed by atoms with van der Waals surface area (Å²) in [5.74, 6) is -1.05. The van der Waals surface area contributed by atoms with Gasteiger partial charge in [-0.15, -0.1) is 0 Å². The lowest BCUT2D eigenvalue weighted by Gasteiger charge is -2.20. The smallest absolute Gasteiger partial charge is 0.255 e. The molecule has 7 heteroatoms. The fourth-order valence-corrected chi connectivity index (χ4v) is 4.18. The van der Waals surface area contributed by atoms with Crippen LogP contribution in [0.3, 0.4) is 0 Å². The van der Waals surface area contributed by atoms with Gasteiger partial charge >= 0.3 is 0 Å². The third kappa shape index (κ3) is 5.62. The summed E-state index contributed by atoms with van der Waals surface area (Å²) in [5.41, 5.74) is 10.1. The van der Waals surface area contributed by atoms with Crippen LogP contribution in [0.1, 0.15) is 58.3 Å². The van der Waals surface area contributed by atoms with Gasteiger partial charge in [0.25, 0.3) is 5.91 Å². The fraction of sp³-hybridized carbons (Fsp3) is 0.269. The van der Waals surface area contributed by atoms with Crippen molar-refractivity contribution in [3.63, 3.8) is 0 Å².